The summed E-state index contributed by atoms with van der Waals surface area (Å²) in [7, 11) is 1.28. The van der Waals surface area contributed by atoms with E-state index in [1.807, 2.05) is 12.1 Å². The van der Waals surface area contributed by atoms with Crippen molar-refractivity contribution in [3.8, 4) is 0 Å². The van der Waals surface area contributed by atoms with E-state index in [9.17, 15) is 9.59 Å². The van der Waals surface area contributed by atoms with Crippen molar-refractivity contribution in [2.45, 2.75) is 25.7 Å². The molecule has 0 radical (unpaired) electrons. The van der Waals surface area contributed by atoms with Crippen LogP contribution >= 0.6 is 11.3 Å². The molecule has 2 aromatic heterocycles. The Bertz CT molecular complexity index is 1030. The van der Waals surface area contributed by atoms with Gasteiger partial charge in [0, 0.05) is 16.1 Å². The largest absolute Gasteiger partial charge is 0.468 e. The Morgan fingerprint density at radius 2 is 1.93 bits per heavy atom. The van der Waals surface area contributed by atoms with Crippen molar-refractivity contribution in [1.29, 1.82) is 0 Å². The van der Waals surface area contributed by atoms with Crippen molar-refractivity contribution in [1.82, 2.24) is 15.3 Å². The van der Waals surface area contributed by atoms with Gasteiger partial charge in [-0.15, -0.1) is 11.3 Å². The van der Waals surface area contributed by atoms with E-state index in [1.165, 1.54) is 30.4 Å². The van der Waals surface area contributed by atoms with Crippen LogP contribution in [0.15, 0.2) is 30.6 Å². The number of rotatable bonds is 5. The van der Waals surface area contributed by atoms with Crippen LogP contribution in [0.3, 0.4) is 0 Å². The first-order valence-electron chi connectivity index (χ1n) is 9.13. The van der Waals surface area contributed by atoms with E-state index < -0.39 is 5.97 Å². The first-order valence-corrected chi connectivity index (χ1v) is 9.94. The average Bonchev–Trinajstić information content (AvgIpc) is 3.12. The number of nitrogens with zero attached hydrogens (tertiary/aromatic N) is 2. The molecule has 7 nitrogen and oxygen atoms in total. The fourth-order valence-corrected chi connectivity index (χ4v) is 4.58. The minimum atomic E-state index is -0.487. The average molecular weight is 396 g/mol. The normalized spacial score (nSPS) is 13.0. The quantitative estimate of drug-likeness (QED) is 0.643. The molecular weight excluding hydrogens is 376 g/mol. The first-order chi connectivity index (χ1) is 13.7. The Morgan fingerprint density at radius 1 is 1.14 bits per heavy atom. The molecule has 4 rings (SSSR count). The van der Waals surface area contributed by atoms with Gasteiger partial charge in [0.25, 0.3) is 5.91 Å². The van der Waals surface area contributed by atoms with E-state index in [2.05, 4.69) is 25.3 Å². The predicted molar refractivity (Wildman–Crippen MR) is 108 cm³/mol. The minimum Gasteiger partial charge on any atom is -0.468 e. The number of methoxy groups -OCH3 is 1. The number of hydrogen-bond donors (Lipinski definition) is 2. The molecule has 0 bridgehead atoms. The number of aromatic nitrogens is 2. The molecule has 1 aliphatic rings. The molecule has 0 saturated heterocycles. The number of nitrogens with one attached hydrogen (secondary N) is 2. The number of aryl methyl sites for hydroxylation is 2. The van der Waals surface area contributed by atoms with Crippen molar-refractivity contribution >= 4 is 44.9 Å². The molecule has 1 aliphatic carbocycles. The molecule has 1 aromatic carbocycles. The highest BCUT2D eigenvalue weighted by molar-refractivity contribution is 7.19. The number of benzene rings is 1. The van der Waals surface area contributed by atoms with Crippen LogP contribution in [0.5, 0.6) is 0 Å². The summed E-state index contributed by atoms with van der Waals surface area (Å²) in [5.41, 5.74) is 2.67. The lowest BCUT2D eigenvalue weighted by molar-refractivity contribution is -0.139. The number of ether oxygens (including phenoxy) is 1. The van der Waals surface area contributed by atoms with Gasteiger partial charge in [0.2, 0.25) is 0 Å². The fourth-order valence-electron chi connectivity index (χ4n) is 3.35. The molecule has 144 valence electrons. The van der Waals surface area contributed by atoms with E-state index in [0.29, 0.717) is 5.56 Å². The highest BCUT2D eigenvalue weighted by atomic mass is 32.1. The number of carbonyl (C=O) groups excluding carboxylic acids is 2. The van der Waals surface area contributed by atoms with E-state index >= 15 is 0 Å². The molecule has 0 fully saturated rings. The summed E-state index contributed by atoms with van der Waals surface area (Å²) in [6.07, 6.45) is 6.20. The van der Waals surface area contributed by atoms with Crippen LogP contribution in [0.2, 0.25) is 0 Å². The summed E-state index contributed by atoms with van der Waals surface area (Å²) in [5.74, 6) is -0.0147. The van der Waals surface area contributed by atoms with Crippen molar-refractivity contribution < 1.29 is 14.3 Å². The monoisotopic (exact) mass is 396 g/mol. The van der Waals surface area contributed by atoms with Gasteiger partial charge in [-0.1, -0.05) is 0 Å². The van der Waals surface area contributed by atoms with Crippen molar-refractivity contribution in [2.24, 2.45) is 0 Å². The van der Waals surface area contributed by atoms with Gasteiger partial charge >= 0.3 is 5.97 Å². The standard InChI is InChI=1S/C20H20N4O3S/c1-27-16(25)10-21-19(26)12-6-8-13(9-7-12)24-18-17-14-4-2-3-5-15(14)28-20(17)23-11-22-18/h6-9,11H,2-5,10H2,1H3,(H,21,26)(H,22,23,24). The number of anilines is 2. The topological polar surface area (TPSA) is 93.2 Å². The van der Waals surface area contributed by atoms with Crippen LogP contribution in [0.25, 0.3) is 10.2 Å². The van der Waals surface area contributed by atoms with E-state index in [1.54, 1.807) is 29.8 Å². The molecule has 0 spiro atoms. The molecule has 28 heavy (non-hydrogen) atoms. The molecule has 1 amide bonds. The Labute approximate surface area is 166 Å². The Morgan fingerprint density at radius 3 is 2.71 bits per heavy atom. The molecule has 0 atom stereocenters. The first kappa shape index (κ1) is 18.4. The highest BCUT2D eigenvalue weighted by Crippen LogP contribution is 2.38. The van der Waals surface area contributed by atoms with Gasteiger partial charge in [-0.2, -0.15) is 0 Å². The third kappa shape index (κ3) is 3.68. The Kier molecular flexibility index (Phi) is 5.21. The number of fused-ring (bicyclic) bond motifs is 3. The maximum Gasteiger partial charge on any atom is 0.325 e. The zero-order valence-electron chi connectivity index (χ0n) is 15.4. The summed E-state index contributed by atoms with van der Waals surface area (Å²) in [5, 5.41) is 6.99. The van der Waals surface area contributed by atoms with Crippen LogP contribution < -0.4 is 10.6 Å². The smallest absolute Gasteiger partial charge is 0.325 e. The SMILES string of the molecule is COC(=O)CNC(=O)c1ccc(Nc2ncnc3sc4c(c23)CCCC4)cc1. The van der Waals surface area contributed by atoms with Gasteiger partial charge in [-0.05, 0) is 55.5 Å². The second-order valence-electron chi connectivity index (χ2n) is 6.57. The van der Waals surface area contributed by atoms with Crippen LogP contribution in [-0.4, -0.2) is 35.5 Å². The predicted octanol–water partition coefficient (Wildman–Crippen LogP) is 3.22. The lowest BCUT2D eigenvalue weighted by Crippen LogP contribution is -2.30. The van der Waals surface area contributed by atoms with Gasteiger partial charge in [0.05, 0.1) is 12.5 Å². The van der Waals surface area contributed by atoms with Crippen LogP contribution in [-0.2, 0) is 22.4 Å². The maximum atomic E-state index is 12.1. The maximum absolute atomic E-state index is 12.1. The van der Waals surface area contributed by atoms with E-state index in [4.69, 9.17) is 0 Å². The summed E-state index contributed by atoms with van der Waals surface area (Å²) < 4.78 is 4.52. The van der Waals surface area contributed by atoms with Gasteiger partial charge < -0.3 is 15.4 Å². The zero-order chi connectivity index (χ0) is 19.5. The van der Waals surface area contributed by atoms with Crippen molar-refractivity contribution in [2.75, 3.05) is 19.0 Å². The summed E-state index contributed by atoms with van der Waals surface area (Å²) in [6.45, 7) is -0.155. The Balaban J connectivity index is 1.53. The third-order valence-electron chi connectivity index (χ3n) is 4.78. The molecular formula is C20H20N4O3S. The molecule has 3 aromatic rings. The zero-order valence-corrected chi connectivity index (χ0v) is 16.3. The molecule has 0 saturated carbocycles. The van der Waals surface area contributed by atoms with Crippen LogP contribution in [0, 0.1) is 0 Å². The lowest BCUT2D eigenvalue weighted by Gasteiger charge is -2.12. The number of hydrogen-bond acceptors (Lipinski definition) is 7. The van der Waals surface area contributed by atoms with Crippen molar-refractivity contribution in [3.05, 3.63) is 46.6 Å². The van der Waals surface area contributed by atoms with Crippen LogP contribution in [0.4, 0.5) is 11.5 Å². The van der Waals surface area contributed by atoms with Gasteiger partial charge in [-0.3, -0.25) is 9.59 Å². The number of esters is 1. The highest BCUT2D eigenvalue weighted by Gasteiger charge is 2.20. The summed E-state index contributed by atoms with van der Waals surface area (Å²) >= 11 is 1.76. The molecule has 0 unspecified atom stereocenters. The second-order valence-corrected chi connectivity index (χ2v) is 7.66. The number of amides is 1. The second kappa shape index (κ2) is 7.93. The molecule has 0 aliphatic heterocycles. The van der Waals surface area contributed by atoms with Gasteiger partial charge in [0.1, 0.15) is 23.5 Å². The molecule has 2 N–H and O–H groups in total. The van der Waals surface area contributed by atoms with Gasteiger partial charge in [-0.25, -0.2) is 9.97 Å². The Hall–Kier alpha value is -3.00. The number of thiophene rings is 1. The van der Waals surface area contributed by atoms with Crippen LogP contribution in [0.1, 0.15) is 33.6 Å². The number of carbonyl (C=O) groups is 2. The van der Waals surface area contributed by atoms with E-state index in [-0.39, 0.29) is 12.5 Å². The summed E-state index contributed by atoms with van der Waals surface area (Å²) in [4.78, 5) is 34.5. The van der Waals surface area contributed by atoms with E-state index in [0.717, 1.165) is 34.6 Å². The molecule has 8 heteroatoms. The molecule has 2 heterocycles. The fraction of sp³-hybridized carbons (Fsp3) is 0.300. The minimum absolute atomic E-state index is 0.155. The lowest BCUT2D eigenvalue weighted by atomic mass is 9.97. The summed E-state index contributed by atoms with van der Waals surface area (Å²) in [6, 6.07) is 7.05. The van der Waals surface area contributed by atoms with Crippen molar-refractivity contribution in [3.63, 3.8) is 0 Å². The third-order valence-corrected chi connectivity index (χ3v) is 5.98. The van der Waals surface area contributed by atoms with Gasteiger partial charge in [0.15, 0.2) is 0 Å².